The van der Waals surface area contributed by atoms with E-state index in [1.54, 1.807) is 18.3 Å². The van der Waals surface area contributed by atoms with E-state index in [2.05, 4.69) is 24.1 Å². The standard InChI is InChI=1S/C16H21N3O2/c1-11(2)5-4-8-17-15-6-7-16(19(20)21)14-10-18-12(3)9-13(14)15/h6-7,9-11,17H,4-5,8H2,1-3H3. The molecule has 0 saturated carbocycles. The zero-order chi connectivity index (χ0) is 15.4. The molecule has 0 atom stereocenters. The molecule has 0 spiro atoms. The molecule has 0 unspecified atom stereocenters. The predicted molar refractivity (Wildman–Crippen MR) is 85.7 cm³/mol. The number of hydrogen-bond acceptors (Lipinski definition) is 4. The lowest BCUT2D eigenvalue weighted by atomic mass is 10.1. The number of benzene rings is 1. The third kappa shape index (κ3) is 3.68. The van der Waals surface area contributed by atoms with Crippen LogP contribution in [0.15, 0.2) is 24.4 Å². The average Bonchev–Trinajstić information content (AvgIpc) is 2.42. The molecule has 1 N–H and O–H groups in total. The Morgan fingerprint density at radius 3 is 2.76 bits per heavy atom. The number of nitrogens with one attached hydrogen (secondary N) is 1. The highest BCUT2D eigenvalue weighted by molar-refractivity contribution is 5.99. The molecule has 0 aliphatic rings. The Balaban J connectivity index is 2.29. The topological polar surface area (TPSA) is 68.1 Å². The van der Waals surface area contributed by atoms with Crippen LogP contribution >= 0.6 is 0 Å². The van der Waals surface area contributed by atoms with E-state index in [0.717, 1.165) is 29.7 Å². The van der Waals surface area contributed by atoms with E-state index in [-0.39, 0.29) is 10.6 Å². The Kier molecular flexibility index (Phi) is 4.73. The van der Waals surface area contributed by atoms with Crippen LogP contribution in [0.3, 0.4) is 0 Å². The summed E-state index contributed by atoms with van der Waals surface area (Å²) >= 11 is 0. The maximum absolute atomic E-state index is 11.1. The molecule has 5 heteroatoms. The SMILES string of the molecule is Cc1cc2c(NCCCC(C)C)ccc([N+](=O)[O-])c2cn1. The Hall–Kier alpha value is -2.17. The highest BCUT2D eigenvalue weighted by Crippen LogP contribution is 2.31. The first-order chi connectivity index (χ1) is 9.99. The first-order valence-electron chi connectivity index (χ1n) is 7.26. The van der Waals surface area contributed by atoms with Crippen molar-refractivity contribution in [2.75, 3.05) is 11.9 Å². The maximum atomic E-state index is 11.1. The largest absolute Gasteiger partial charge is 0.385 e. The number of aryl methyl sites for hydroxylation is 1. The number of pyridine rings is 1. The number of nitro benzene ring substituents is 1. The van der Waals surface area contributed by atoms with Crippen LogP contribution in [0.25, 0.3) is 10.8 Å². The second-order valence-corrected chi connectivity index (χ2v) is 5.72. The highest BCUT2D eigenvalue weighted by Gasteiger charge is 2.14. The van der Waals surface area contributed by atoms with Crippen molar-refractivity contribution in [3.8, 4) is 0 Å². The van der Waals surface area contributed by atoms with Gasteiger partial charge in [0.2, 0.25) is 0 Å². The van der Waals surface area contributed by atoms with Crippen LogP contribution in [0.5, 0.6) is 0 Å². The Labute approximate surface area is 124 Å². The third-order valence-corrected chi connectivity index (χ3v) is 3.49. The minimum atomic E-state index is -0.359. The first kappa shape index (κ1) is 15.2. The predicted octanol–water partition coefficient (Wildman–Crippen LogP) is 4.30. The highest BCUT2D eigenvalue weighted by atomic mass is 16.6. The summed E-state index contributed by atoms with van der Waals surface area (Å²) in [4.78, 5) is 14.9. The third-order valence-electron chi connectivity index (χ3n) is 3.49. The van der Waals surface area contributed by atoms with Gasteiger partial charge in [-0.1, -0.05) is 13.8 Å². The van der Waals surface area contributed by atoms with Crippen LogP contribution in [-0.2, 0) is 0 Å². The normalized spacial score (nSPS) is 11.0. The molecule has 1 aromatic heterocycles. The molecular weight excluding hydrogens is 266 g/mol. The molecular formula is C16H21N3O2. The number of nitro groups is 1. The van der Waals surface area contributed by atoms with Crippen LogP contribution in [0.4, 0.5) is 11.4 Å². The van der Waals surface area contributed by atoms with Crippen molar-refractivity contribution in [3.63, 3.8) is 0 Å². The molecule has 0 saturated heterocycles. The lowest BCUT2D eigenvalue weighted by Crippen LogP contribution is -2.04. The fourth-order valence-electron chi connectivity index (χ4n) is 2.38. The zero-order valence-electron chi connectivity index (χ0n) is 12.7. The summed E-state index contributed by atoms with van der Waals surface area (Å²) in [6, 6.07) is 5.23. The second-order valence-electron chi connectivity index (χ2n) is 5.72. The van der Waals surface area contributed by atoms with E-state index >= 15 is 0 Å². The molecule has 0 radical (unpaired) electrons. The van der Waals surface area contributed by atoms with Crippen molar-refractivity contribution in [2.24, 2.45) is 5.92 Å². The minimum Gasteiger partial charge on any atom is -0.385 e. The number of anilines is 1. The van der Waals surface area contributed by atoms with Gasteiger partial charge in [-0.3, -0.25) is 15.1 Å². The molecule has 0 aliphatic heterocycles. The van der Waals surface area contributed by atoms with E-state index in [1.807, 2.05) is 13.0 Å². The number of rotatable bonds is 6. The van der Waals surface area contributed by atoms with Crippen molar-refractivity contribution < 1.29 is 4.92 Å². The van der Waals surface area contributed by atoms with Gasteiger partial charge in [-0.2, -0.15) is 0 Å². The van der Waals surface area contributed by atoms with Crippen molar-refractivity contribution in [3.05, 3.63) is 40.2 Å². The van der Waals surface area contributed by atoms with E-state index < -0.39 is 0 Å². The van der Waals surface area contributed by atoms with Gasteiger partial charge < -0.3 is 5.32 Å². The molecule has 2 rings (SSSR count). The van der Waals surface area contributed by atoms with Crippen molar-refractivity contribution in [1.82, 2.24) is 4.98 Å². The van der Waals surface area contributed by atoms with Crippen LogP contribution in [0.1, 0.15) is 32.4 Å². The molecule has 0 aliphatic carbocycles. The zero-order valence-corrected chi connectivity index (χ0v) is 12.7. The quantitative estimate of drug-likeness (QED) is 0.488. The number of aromatic nitrogens is 1. The summed E-state index contributed by atoms with van der Waals surface area (Å²) < 4.78 is 0. The van der Waals surface area contributed by atoms with Crippen LogP contribution in [0.2, 0.25) is 0 Å². The number of hydrogen-bond donors (Lipinski definition) is 1. The van der Waals surface area contributed by atoms with Gasteiger partial charge in [0.1, 0.15) is 0 Å². The molecule has 5 nitrogen and oxygen atoms in total. The van der Waals surface area contributed by atoms with Gasteiger partial charge in [-0.05, 0) is 37.8 Å². The monoisotopic (exact) mass is 287 g/mol. The molecule has 2 aromatic rings. The molecule has 0 amide bonds. The van der Waals surface area contributed by atoms with Crippen molar-refractivity contribution >= 4 is 22.1 Å². The van der Waals surface area contributed by atoms with Gasteiger partial charge in [0.15, 0.2) is 0 Å². The van der Waals surface area contributed by atoms with Gasteiger partial charge in [-0.25, -0.2) is 0 Å². The van der Waals surface area contributed by atoms with Crippen LogP contribution in [-0.4, -0.2) is 16.5 Å². The summed E-state index contributed by atoms with van der Waals surface area (Å²) in [6.07, 6.45) is 3.83. The maximum Gasteiger partial charge on any atom is 0.278 e. The first-order valence-corrected chi connectivity index (χ1v) is 7.26. The Bertz CT molecular complexity index is 653. The van der Waals surface area contributed by atoms with E-state index in [1.165, 1.54) is 6.42 Å². The molecule has 0 fully saturated rings. The van der Waals surface area contributed by atoms with E-state index in [4.69, 9.17) is 0 Å². The van der Waals surface area contributed by atoms with E-state index in [0.29, 0.717) is 11.3 Å². The number of nitrogens with zero attached hydrogens (tertiary/aromatic N) is 2. The van der Waals surface area contributed by atoms with E-state index in [9.17, 15) is 10.1 Å². The Morgan fingerprint density at radius 2 is 2.10 bits per heavy atom. The summed E-state index contributed by atoms with van der Waals surface area (Å²) in [7, 11) is 0. The van der Waals surface area contributed by atoms with Crippen molar-refractivity contribution in [2.45, 2.75) is 33.6 Å². The van der Waals surface area contributed by atoms with Gasteiger partial charge in [-0.15, -0.1) is 0 Å². The fraction of sp³-hybridized carbons (Fsp3) is 0.438. The smallest absolute Gasteiger partial charge is 0.278 e. The fourth-order valence-corrected chi connectivity index (χ4v) is 2.38. The van der Waals surface area contributed by atoms with Crippen LogP contribution < -0.4 is 5.32 Å². The summed E-state index contributed by atoms with van der Waals surface area (Å²) in [6.45, 7) is 7.17. The average molecular weight is 287 g/mol. The van der Waals surface area contributed by atoms with Gasteiger partial charge in [0.25, 0.3) is 5.69 Å². The number of fused-ring (bicyclic) bond motifs is 1. The molecule has 1 aromatic carbocycles. The summed E-state index contributed by atoms with van der Waals surface area (Å²) in [5.41, 5.74) is 1.89. The molecule has 1 heterocycles. The second kappa shape index (κ2) is 6.52. The lowest BCUT2D eigenvalue weighted by molar-refractivity contribution is -0.383. The van der Waals surface area contributed by atoms with Gasteiger partial charge in [0, 0.05) is 35.6 Å². The number of non-ortho nitro benzene ring substituents is 1. The summed E-state index contributed by atoms with van der Waals surface area (Å²) in [5, 5.41) is 15.9. The minimum absolute atomic E-state index is 0.102. The van der Waals surface area contributed by atoms with Gasteiger partial charge >= 0.3 is 0 Å². The van der Waals surface area contributed by atoms with Crippen LogP contribution in [0, 0.1) is 23.0 Å². The van der Waals surface area contributed by atoms with Gasteiger partial charge in [0.05, 0.1) is 10.3 Å². The molecule has 112 valence electrons. The van der Waals surface area contributed by atoms with Crippen molar-refractivity contribution in [1.29, 1.82) is 0 Å². The summed E-state index contributed by atoms with van der Waals surface area (Å²) in [5.74, 6) is 0.687. The molecule has 21 heavy (non-hydrogen) atoms. The lowest BCUT2D eigenvalue weighted by Gasteiger charge is -2.11. The Morgan fingerprint density at radius 1 is 1.33 bits per heavy atom. The molecule has 0 bridgehead atoms.